The lowest BCUT2D eigenvalue weighted by molar-refractivity contribution is -0.234. The summed E-state index contributed by atoms with van der Waals surface area (Å²) in [5.74, 6) is 0.711. The van der Waals surface area contributed by atoms with Gasteiger partial charge in [-0.25, -0.2) is 0 Å². The van der Waals surface area contributed by atoms with Crippen molar-refractivity contribution in [2.45, 2.75) is 31.5 Å². The highest BCUT2D eigenvalue weighted by Crippen LogP contribution is 2.34. The van der Waals surface area contributed by atoms with Crippen molar-refractivity contribution in [2.24, 2.45) is 0 Å². The van der Waals surface area contributed by atoms with Crippen LogP contribution in [-0.2, 0) is 0 Å². The summed E-state index contributed by atoms with van der Waals surface area (Å²) in [7, 11) is 0. The minimum absolute atomic E-state index is 0.244. The Labute approximate surface area is 104 Å². The first-order valence-corrected chi connectivity index (χ1v) is 5.86. The molecule has 0 saturated carbocycles. The topological polar surface area (TPSA) is 21.3 Å². The zero-order valence-electron chi connectivity index (χ0n) is 10.3. The number of hydrogen-bond donors (Lipinski definition) is 1. The van der Waals surface area contributed by atoms with Crippen LogP contribution in [0.15, 0.2) is 24.3 Å². The van der Waals surface area contributed by atoms with Crippen LogP contribution in [0.2, 0.25) is 0 Å². The van der Waals surface area contributed by atoms with Crippen LogP contribution in [0, 0.1) is 0 Å². The van der Waals surface area contributed by atoms with Crippen molar-refractivity contribution in [2.75, 3.05) is 13.1 Å². The fraction of sp³-hybridized carbons (Fsp3) is 0.538. The molecule has 18 heavy (non-hydrogen) atoms. The Balaban J connectivity index is 2.06. The van der Waals surface area contributed by atoms with E-state index in [1.165, 1.54) is 0 Å². The van der Waals surface area contributed by atoms with E-state index in [0.717, 1.165) is 32.5 Å². The molecular weight excluding hydrogens is 243 g/mol. The Kier molecular flexibility index (Phi) is 3.27. The van der Waals surface area contributed by atoms with Gasteiger partial charge in [0.05, 0.1) is 0 Å². The summed E-state index contributed by atoms with van der Waals surface area (Å²) < 4.78 is 43.0. The second-order valence-electron chi connectivity index (χ2n) is 5.03. The Morgan fingerprint density at radius 2 is 1.67 bits per heavy atom. The van der Waals surface area contributed by atoms with Gasteiger partial charge in [0, 0.05) is 19.0 Å². The van der Waals surface area contributed by atoms with Gasteiger partial charge in [0.15, 0.2) is 5.60 Å². The molecule has 0 amide bonds. The molecule has 1 heterocycles. The van der Waals surface area contributed by atoms with Gasteiger partial charge in [-0.1, -0.05) is 12.1 Å². The molecule has 1 saturated heterocycles. The van der Waals surface area contributed by atoms with Crippen molar-refractivity contribution >= 4 is 0 Å². The highest BCUT2D eigenvalue weighted by molar-refractivity contribution is 5.31. The zero-order valence-corrected chi connectivity index (χ0v) is 10.3. The smallest absolute Gasteiger partial charge is 0.427 e. The summed E-state index contributed by atoms with van der Waals surface area (Å²) in [5.41, 5.74) is -1.04. The van der Waals surface area contributed by atoms with Crippen molar-refractivity contribution in [3.63, 3.8) is 0 Å². The zero-order chi connectivity index (χ0) is 13.4. The van der Waals surface area contributed by atoms with Crippen molar-refractivity contribution in [3.05, 3.63) is 29.8 Å². The largest absolute Gasteiger partial charge is 0.478 e. The summed E-state index contributed by atoms with van der Waals surface area (Å²) in [5, 5.41) is 3.15. The molecule has 1 N–H and O–H groups in total. The normalized spacial score (nSPS) is 17.4. The molecule has 1 aromatic rings. The number of benzene rings is 1. The van der Waals surface area contributed by atoms with Crippen LogP contribution in [0.5, 0.6) is 5.75 Å². The van der Waals surface area contributed by atoms with Crippen LogP contribution in [0.25, 0.3) is 0 Å². The highest BCUT2D eigenvalue weighted by atomic mass is 19.4. The van der Waals surface area contributed by atoms with Crippen molar-refractivity contribution < 1.29 is 17.9 Å². The van der Waals surface area contributed by atoms with E-state index >= 15 is 0 Å². The van der Waals surface area contributed by atoms with Gasteiger partial charge in [0.25, 0.3) is 0 Å². The number of alkyl halides is 3. The second kappa shape index (κ2) is 4.46. The van der Waals surface area contributed by atoms with Gasteiger partial charge in [-0.05, 0) is 31.5 Å². The van der Waals surface area contributed by atoms with E-state index in [0.29, 0.717) is 5.92 Å². The van der Waals surface area contributed by atoms with Crippen LogP contribution in [-0.4, -0.2) is 24.9 Å². The molecule has 100 valence electrons. The predicted molar refractivity (Wildman–Crippen MR) is 62.8 cm³/mol. The number of ether oxygens (including phenoxy) is 1. The molecule has 0 radical (unpaired) electrons. The van der Waals surface area contributed by atoms with E-state index < -0.39 is 11.8 Å². The third-order valence-electron chi connectivity index (χ3n) is 3.19. The van der Waals surface area contributed by atoms with Crippen molar-refractivity contribution in [1.29, 1.82) is 0 Å². The molecule has 5 heteroatoms. The molecule has 0 aromatic heterocycles. The average Bonchev–Trinajstić information content (AvgIpc) is 2.16. The molecule has 0 spiro atoms. The molecule has 1 fully saturated rings. The minimum atomic E-state index is -4.39. The van der Waals surface area contributed by atoms with Crippen LogP contribution < -0.4 is 10.1 Å². The Hall–Kier alpha value is -1.23. The lowest BCUT2D eigenvalue weighted by atomic mass is 9.94. The maximum Gasteiger partial charge on any atom is 0.427 e. The van der Waals surface area contributed by atoms with Gasteiger partial charge in [0.2, 0.25) is 0 Å². The molecule has 0 atom stereocenters. The van der Waals surface area contributed by atoms with Gasteiger partial charge >= 0.3 is 6.18 Å². The van der Waals surface area contributed by atoms with Crippen molar-refractivity contribution in [3.8, 4) is 5.75 Å². The number of hydrogen-bond acceptors (Lipinski definition) is 2. The summed E-state index contributed by atoms with van der Waals surface area (Å²) in [4.78, 5) is 0. The van der Waals surface area contributed by atoms with Gasteiger partial charge < -0.3 is 10.1 Å². The van der Waals surface area contributed by atoms with Gasteiger partial charge in [-0.15, -0.1) is 0 Å². The SMILES string of the molecule is CC(C)(Oc1ccc(C2CNC2)cc1)C(F)(F)F. The molecule has 1 aliphatic heterocycles. The summed E-state index contributed by atoms with van der Waals surface area (Å²) >= 11 is 0. The Morgan fingerprint density at radius 3 is 2.06 bits per heavy atom. The predicted octanol–water partition coefficient (Wildman–Crippen LogP) is 3.09. The van der Waals surface area contributed by atoms with Crippen molar-refractivity contribution in [1.82, 2.24) is 5.32 Å². The van der Waals surface area contributed by atoms with E-state index in [9.17, 15) is 13.2 Å². The maximum absolute atomic E-state index is 12.7. The average molecular weight is 259 g/mol. The van der Waals surface area contributed by atoms with E-state index in [-0.39, 0.29) is 5.75 Å². The first kappa shape index (κ1) is 13.2. The molecule has 1 aliphatic rings. The quantitative estimate of drug-likeness (QED) is 0.900. The summed E-state index contributed by atoms with van der Waals surface area (Å²) in [6.07, 6.45) is -4.39. The molecule has 0 unspecified atom stereocenters. The van der Waals surface area contributed by atoms with Crippen LogP contribution in [0.3, 0.4) is 0 Å². The Bertz CT molecular complexity index is 407. The monoisotopic (exact) mass is 259 g/mol. The lowest BCUT2D eigenvalue weighted by Crippen LogP contribution is -2.44. The second-order valence-corrected chi connectivity index (χ2v) is 5.03. The van der Waals surface area contributed by atoms with E-state index in [4.69, 9.17) is 4.74 Å². The first-order chi connectivity index (χ1) is 8.29. The third-order valence-corrected chi connectivity index (χ3v) is 3.19. The third kappa shape index (κ3) is 2.61. The van der Waals surface area contributed by atoms with E-state index in [2.05, 4.69) is 5.32 Å². The van der Waals surface area contributed by atoms with Crippen LogP contribution >= 0.6 is 0 Å². The number of nitrogens with one attached hydrogen (secondary N) is 1. The molecule has 2 nitrogen and oxygen atoms in total. The van der Waals surface area contributed by atoms with Gasteiger partial charge in [-0.3, -0.25) is 0 Å². The van der Waals surface area contributed by atoms with E-state index in [1.807, 2.05) is 12.1 Å². The summed E-state index contributed by atoms with van der Waals surface area (Å²) in [6, 6.07) is 6.85. The standard InChI is InChI=1S/C13H16F3NO/c1-12(2,13(14,15)16)18-11-5-3-9(4-6-11)10-7-17-8-10/h3-6,10,17H,7-8H2,1-2H3. The van der Waals surface area contributed by atoms with Crippen LogP contribution in [0.4, 0.5) is 13.2 Å². The fourth-order valence-electron chi connectivity index (χ4n) is 1.68. The number of halogens is 3. The Morgan fingerprint density at radius 1 is 1.11 bits per heavy atom. The molecule has 2 rings (SSSR count). The minimum Gasteiger partial charge on any atom is -0.478 e. The number of rotatable bonds is 3. The molecule has 0 bridgehead atoms. The fourth-order valence-corrected chi connectivity index (χ4v) is 1.68. The molecular formula is C13H16F3NO. The van der Waals surface area contributed by atoms with Gasteiger partial charge in [0.1, 0.15) is 5.75 Å². The highest BCUT2D eigenvalue weighted by Gasteiger charge is 2.49. The van der Waals surface area contributed by atoms with Gasteiger partial charge in [-0.2, -0.15) is 13.2 Å². The van der Waals surface area contributed by atoms with Crippen LogP contribution in [0.1, 0.15) is 25.3 Å². The lowest BCUT2D eigenvalue weighted by Gasteiger charge is -2.30. The van der Waals surface area contributed by atoms with E-state index in [1.54, 1.807) is 12.1 Å². The molecule has 1 aromatic carbocycles. The summed E-state index contributed by atoms with van der Waals surface area (Å²) in [6.45, 7) is 3.90. The maximum atomic E-state index is 12.7. The molecule has 0 aliphatic carbocycles. The first-order valence-electron chi connectivity index (χ1n) is 5.86.